The van der Waals surface area contributed by atoms with Crippen molar-refractivity contribution in [2.75, 3.05) is 0 Å². The molecule has 1 aromatic carbocycles. The summed E-state index contributed by atoms with van der Waals surface area (Å²) < 4.78 is 0. The molecule has 0 bridgehead atoms. The molecular formula is C11H14N2O2. The van der Waals surface area contributed by atoms with Gasteiger partial charge in [0.05, 0.1) is 4.92 Å². The fourth-order valence-electron chi connectivity index (χ4n) is 1.00. The molecular weight excluding hydrogens is 192 g/mol. The minimum absolute atomic E-state index is 0.107. The van der Waals surface area contributed by atoms with E-state index < -0.39 is 4.92 Å². The zero-order valence-electron chi connectivity index (χ0n) is 8.88. The molecule has 0 heterocycles. The maximum atomic E-state index is 10.4. The zero-order chi connectivity index (χ0) is 11.3. The van der Waals surface area contributed by atoms with Crippen molar-refractivity contribution in [2.45, 2.75) is 26.3 Å². The molecule has 0 amide bonds. The van der Waals surface area contributed by atoms with Crippen LogP contribution >= 0.6 is 0 Å². The first-order chi connectivity index (χ1) is 7.13. The molecule has 1 aromatic rings. The van der Waals surface area contributed by atoms with Gasteiger partial charge in [-0.25, -0.2) is 0 Å². The third-order valence-corrected chi connectivity index (χ3v) is 2.17. The van der Waals surface area contributed by atoms with Gasteiger partial charge in [-0.05, 0) is 31.0 Å². The number of aliphatic imine (C=N–C) groups is 1. The Morgan fingerprint density at radius 1 is 1.47 bits per heavy atom. The summed E-state index contributed by atoms with van der Waals surface area (Å²) in [6, 6.07) is 6.66. The summed E-state index contributed by atoms with van der Waals surface area (Å²) in [5.41, 5.74) is 0.997. The second-order valence-electron chi connectivity index (χ2n) is 3.38. The van der Waals surface area contributed by atoms with E-state index in [1.165, 1.54) is 12.1 Å². The summed E-state index contributed by atoms with van der Waals surface area (Å²) in [6.45, 7) is 4.10. The van der Waals surface area contributed by atoms with Crippen LogP contribution in [0.5, 0.6) is 0 Å². The molecule has 4 heteroatoms. The van der Waals surface area contributed by atoms with Crippen LogP contribution in [0.2, 0.25) is 0 Å². The number of non-ortho nitro benzene ring substituents is 1. The second kappa shape index (κ2) is 5.24. The van der Waals surface area contributed by atoms with Crippen molar-refractivity contribution in [1.82, 2.24) is 0 Å². The molecule has 15 heavy (non-hydrogen) atoms. The SMILES string of the molecule is CC[C@@H](C)N=Cc1ccc([N+](=O)[O-])cc1. The topological polar surface area (TPSA) is 55.5 Å². The van der Waals surface area contributed by atoms with E-state index in [1.54, 1.807) is 18.3 Å². The van der Waals surface area contributed by atoms with Gasteiger partial charge < -0.3 is 0 Å². The lowest BCUT2D eigenvalue weighted by Gasteiger charge is -1.99. The van der Waals surface area contributed by atoms with Crippen molar-refractivity contribution in [3.63, 3.8) is 0 Å². The highest BCUT2D eigenvalue weighted by atomic mass is 16.6. The molecule has 0 aromatic heterocycles. The molecule has 0 spiro atoms. The number of benzene rings is 1. The molecule has 0 saturated heterocycles. The number of nitro benzene ring substituents is 1. The number of hydrogen-bond donors (Lipinski definition) is 0. The molecule has 0 fully saturated rings. The first-order valence-corrected chi connectivity index (χ1v) is 4.91. The normalized spacial score (nSPS) is 12.9. The van der Waals surface area contributed by atoms with E-state index in [9.17, 15) is 10.1 Å². The molecule has 1 atom stereocenters. The second-order valence-corrected chi connectivity index (χ2v) is 3.38. The van der Waals surface area contributed by atoms with E-state index in [-0.39, 0.29) is 5.69 Å². The quantitative estimate of drug-likeness (QED) is 0.432. The van der Waals surface area contributed by atoms with Crippen LogP contribution in [0.3, 0.4) is 0 Å². The third kappa shape index (κ3) is 3.50. The average molecular weight is 206 g/mol. The molecule has 0 radical (unpaired) electrons. The Hall–Kier alpha value is -1.71. The largest absolute Gasteiger partial charge is 0.290 e. The van der Waals surface area contributed by atoms with Crippen LogP contribution in [0.1, 0.15) is 25.8 Å². The van der Waals surface area contributed by atoms with Crippen LogP contribution < -0.4 is 0 Å². The number of hydrogen-bond acceptors (Lipinski definition) is 3. The lowest BCUT2D eigenvalue weighted by atomic mass is 10.2. The molecule has 0 aliphatic carbocycles. The summed E-state index contributed by atoms with van der Waals surface area (Å²) in [4.78, 5) is 14.3. The number of nitrogens with zero attached hydrogens (tertiary/aromatic N) is 2. The van der Waals surface area contributed by atoms with Crippen molar-refractivity contribution < 1.29 is 4.92 Å². The van der Waals surface area contributed by atoms with Crippen molar-refractivity contribution >= 4 is 11.9 Å². The van der Waals surface area contributed by atoms with Gasteiger partial charge in [0, 0.05) is 24.4 Å². The van der Waals surface area contributed by atoms with Crippen LogP contribution in [0, 0.1) is 10.1 Å². The summed E-state index contributed by atoms with van der Waals surface area (Å²) in [7, 11) is 0. The first kappa shape index (κ1) is 11.4. The Morgan fingerprint density at radius 2 is 2.07 bits per heavy atom. The fourth-order valence-corrected chi connectivity index (χ4v) is 1.00. The molecule has 0 saturated carbocycles. The van der Waals surface area contributed by atoms with Crippen molar-refractivity contribution in [3.8, 4) is 0 Å². The van der Waals surface area contributed by atoms with E-state index >= 15 is 0 Å². The smallest absolute Gasteiger partial charge is 0.269 e. The highest BCUT2D eigenvalue weighted by molar-refractivity contribution is 5.80. The summed E-state index contributed by atoms with van der Waals surface area (Å²) >= 11 is 0. The molecule has 0 aliphatic heterocycles. The van der Waals surface area contributed by atoms with Gasteiger partial charge in [0.2, 0.25) is 0 Å². The van der Waals surface area contributed by atoms with Crippen LogP contribution in [-0.4, -0.2) is 17.2 Å². The Labute approximate surface area is 88.8 Å². The highest BCUT2D eigenvalue weighted by Gasteiger charge is 2.02. The maximum Gasteiger partial charge on any atom is 0.269 e. The number of nitro groups is 1. The van der Waals surface area contributed by atoms with Gasteiger partial charge >= 0.3 is 0 Å². The van der Waals surface area contributed by atoms with Crippen LogP contribution in [-0.2, 0) is 0 Å². The van der Waals surface area contributed by atoms with Crippen LogP contribution in [0.15, 0.2) is 29.3 Å². The maximum absolute atomic E-state index is 10.4. The van der Waals surface area contributed by atoms with Crippen molar-refractivity contribution in [1.29, 1.82) is 0 Å². The van der Waals surface area contributed by atoms with E-state index in [2.05, 4.69) is 11.9 Å². The van der Waals surface area contributed by atoms with E-state index in [0.717, 1.165) is 12.0 Å². The molecule has 1 rings (SSSR count). The summed E-state index contributed by atoms with van der Waals surface area (Å²) in [6.07, 6.45) is 2.74. The Balaban J connectivity index is 2.72. The van der Waals surface area contributed by atoms with Crippen molar-refractivity contribution in [2.24, 2.45) is 4.99 Å². The fraction of sp³-hybridized carbons (Fsp3) is 0.364. The third-order valence-electron chi connectivity index (χ3n) is 2.17. The Bertz CT molecular complexity index is 357. The predicted octanol–water partition coefficient (Wildman–Crippen LogP) is 2.81. The van der Waals surface area contributed by atoms with E-state index in [0.29, 0.717) is 6.04 Å². The molecule has 0 N–H and O–H groups in total. The van der Waals surface area contributed by atoms with Gasteiger partial charge in [0.1, 0.15) is 0 Å². The summed E-state index contributed by atoms with van der Waals surface area (Å²) in [5.74, 6) is 0. The van der Waals surface area contributed by atoms with Gasteiger partial charge in [0.25, 0.3) is 5.69 Å². The summed E-state index contributed by atoms with van der Waals surface area (Å²) in [5, 5.41) is 10.4. The Morgan fingerprint density at radius 3 is 2.53 bits per heavy atom. The molecule has 0 unspecified atom stereocenters. The van der Waals surface area contributed by atoms with Crippen LogP contribution in [0.4, 0.5) is 5.69 Å². The molecule has 4 nitrogen and oxygen atoms in total. The monoisotopic (exact) mass is 206 g/mol. The number of rotatable bonds is 4. The first-order valence-electron chi connectivity index (χ1n) is 4.91. The minimum atomic E-state index is -0.407. The van der Waals surface area contributed by atoms with Gasteiger partial charge in [-0.2, -0.15) is 0 Å². The van der Waals surface area contributed by atoms with Gasteiger partial charge in [-0.1, -0.05) is 6.92 Å². The van der Waals surface area contributed by atoms with E-state index in [1.807, 2.05) is 6.92 Å². The predicted molar refractivity (Wildman–Crippen MR) is 60.4 cm³/mol. The standard InChI is InChI=1S/C11H14N2O2/c1-3-9(2)12-8-10-4-6-11(7-5-10)13(14)15/h4-9H,3H2,1-2H3/t9-/m1/s1. The van der Waals surface area contributed by atoms with Gasteiger partial charge in [-0.15, -0.1) is 0 Å². The lowest BCUT2D eigenvalue weighted by Crippen LogP contribution is -1.95. The molecule has 80 valence electrons. The Kier molecular flexibility index (Phi) is 3.97. The highest BCUT2D eigenvalue weighted by Crippen LogP contribution is 2.10. The van der Waals surface area contributed by atoms with Crippen molar-refractivity contribution in [3.05, 3.63) is 39.9 Å². The molecule has 0 aliphatic rings. The average Bonchev–Trinajstić information content (AvgIpc) is 2.26. The van der Waals surface area contributed by atoms with Gasteiger partial charge in [0.15, 0.2) is 0 Å². The van der Waals surface area contributed by atoms with E-state index in [4.69, 9.17) is 0 Å². The van der Waals surface area contributed by atoms with Gasteiger partial charge in [-0.3, -0.25) is 15.1 Å². The lowest BCUT2D eigenvalue weighted by molar-refractivity contribution is -0.384. The van der Waals surface area contributed by atoms with Crippen LogP contribution in [0.25, 0.3) is 0 Å². The minimum Gasteiger partial charge on any atom is -0.290 e. The zero-order valence-corrected chi connectivity index (χ0v) is 8.88.